The van der Waals surface area contributed by atoms with Crippen LogP contribution in [0.3, 0.4) is 0 Å². The van der Waals surface area contributed by atoms with E-state index in [2.05, 4.69) is 31.2 Å². The van der Waals surface area contributed by atoms with Gasteiger partial charge < -0.3 is 4.74 Å². The van der Waals surface area contributed by atoms with Crippen LogP contribution in [0.15, 0.2) is 24.3 Å². The minimum Gasteiger partial charge on any atom is -0.497 e. The second kappa shape index (κ2) is 5.20. The van der Waals surface area contributed by atoms with Gasteiger partial charge in [0.1, 0.15) is 5.75 Å². The van der Waals surface area contributed by atoms with Crippen LogP contribution in [0, 0.1) is 0 Å². The normalized spacial score (nSPS) is 13.5. The lowest BCUT2D eigenvalue weighted by atomic mass is 10.0. The number of methoxy groups -OCH3 is 1. The van der Waals surface area contributed by atoms with E-state index in [4.69, 9.17) is 4.74 Å². The smallest absolute Gasteiger partial charge is 0.119 e. The lowest BCUT2D eigenvalue weighted by Gasteiger charge is -2.07. The minimum atomic E-state index is 0.974. The summed E-state index contributed by atoms with van der Waals surface area (Å²) < 4.78 is 5.25. The van der Waals surface area contributed by atoms with Gasteiger partial charge in [-0.25, -0.2) is 0 Å². The molecule has 0 aliphatic heterocycles. The molecule has 1 aromatic carbocycles. The first-order valence-corrected chi connectivity index (χ1v) is 6.21. The van der Waals surface area contributed by atoms with E-state index < -0.39 is 0 Å². The molecule has 0 saturated heterocycles. The Kier molecular flexibility index (Phi) is 3.66. The molecule has 0 amide bonds. The lowest BCUT2D eigenvalue weighted by Crippen LogP contribution is -1.88. The first-order chi connectivity index (χ1) is 7.85. The third kappa shape index (κ3) is 2.29. The number of ether oxygens (including phenoxy) is 1. The van der Waals surface area contributed by atoms with E-state index in [0.29, 0.717) is 0 Å². The molecule has 0 bridgehead atoms. The van der Waals surface area contributed by atoms with Crippen molar-refractivity contribution in [3.8, 4) is 5.75 Å². The number of hydrogen-bond acceptors (Lipinski definition) is 1. The van der Waals surface area contributed by atoms with Crippen LogP contribution in [0.2, 0.25) is 0 Å². The molecule has 0 fully saturated rings. The van der Waals surface area contributed by atoms with Crippen molar-refractivity contribution in [1.29, 1.82) is 0 Å². The molecule has 0 unspecified atom stereocenters. The maximum Gasteiger partial charge on any atom is 0.119 e. The third-order valence-corrected chi connectivity index (χ3v) is 3.28. The average Bonchev–Trinajstić information content (AvgIpc) is 2.72. The first kappa shape index (κ1) is 11.3. The number of benzene rings is 1. The van der Waals surface area contributed by atoms with E-state index in [1.165, 1.54) is 42.4 Å². The maximum atomic E-state index is 5.25. The predicted molar refractivity (Wildman–Crippen MR) is 68.8 cm³/mol. The molecule has 0 radical (unpaired) electrons. The zero-order chi connectivity index (χ0) is 11.4. The summed E-state index contributed by atoms with van der Waals surface area (Å²) in [7, 11) is 1.73. The van der Waals surface area contributed by atoms with E-state index in [-0.39, 0.29) is 0 Å². The van der Waals surface area contributed by atoms with E-state index in [1.54, 1.807) is 7.11 Å². The summed E-state index contributed by atoms with van der Waals surface area (Å²) in [5.41, 5.74) is 4.40. The lowest BCUT2D eigenvalue weighted by molar-refractivity contribution is 0.414. The van der Waals surface area contributed by atoms with Crippen molar-refractivity contribution in [2.24, 2.45) is 0 Å². The molecule has 0 aromatic heterocycles. The standard InChI is InChI=1S/C15H20O/c1-3-4-5-6-12-7-8-13-11-14(16-2)9-10-15(12)13/h7,9-11H,3-6,8H2,1-2H3. The molecule has 1 heteroatoms. The van der Waals surface area contributed by atoms with E-state index in [9.17, 15) is 0 Å². The quantitative estimate of drug-likeness (QED) is 0.670. The SMILES string of the molecule is CCCCCC1=CCc2cc(OC)ccc21. The summed E-state index contributed by atoms with van der Waals surface area (Å²) in [5.74, 6) is 0.974. The molecule has 86 valence electrons. The first-order valence-electron chi connectivity index (χ1n) is 6.21. The van der Waals surface area contributed by atoms with Gasteiger partial charge in [-0.05, 0) is 48.1 Å². The molecule has 16 heavy (non-hydrogen) atoms. The summed E-state index contributed by atoms with van der Waals surface area (Å²) in [6, 6.07) is 6.44. The highest BCUT2D eigenvalue weighted by molar-refractivity contribution is 5.73. The average molecular weight is 216 g/mol. The minimum absolute atomic E-state index is 0.974. The van der Waals surface area contributed by atoms with E-state index >= 15 is 0 Å². The van der Waals surface area contributed by atoms with Crippen molar-refractivity contribution in [1.82, 2.24) is 0 Å². The van der Waals surface area contributed by atoms with Crippen LogP contribution in [0.4, 0.5) is 0 Å². The van der Waals surface area contributed by atoms with E-state index in [0.717, 1.165) is 12.2 Å². The van der Waals surface area contributed by atoms with Crippen LogP contribution in [0.1, 0.15) is 43.7 Å². The van der Waals surface area contributed by atoms with Crippen LogP contribution in [0.5, 0.6) is 5.75 Å². The second-order valence-corrected chi connectivity index (χ2v) is 4.41. The molecule has 1 aliphatic carbocycles. The molecular formula is C15H20O. The van der Waals surface area contributed by atoms with Gasteiger partial charge in [0.2, 0.25) is 0 Å². The number of hydrogen-bond donors (Lipinski definition) is 0. The van der Waals surface area contributed by atoms with Crippen molar-refractivity contribution in [2.75, 3.05) is 7.11 Å². The van der Waals surface area contributed by atoms with Gasteiger partial charge >= 0.3 is 0 Å². The van der Waals surface area contributed by atoms with Gasteiger partial charge in [0.25, 0.3) is 0 Å². The molecule has 1 aromatic rings. The summed E-state index contributed by atoms with van der Waals surface area (Å²) in [6.45, 7) is 2.25. The molecular weight excluding hydrogens is 196 g/mol. The van der Waals surface area contributed by atoms with Gasteiger partial charge in [-0.3, -0.25) is 0 Å². The topological polar surface area (TPSA) is 9.23 Å². The zero-order valence-corrected chi connectivity index (χ0v) is 10.3. The Labute approximate surface area is 98.1 Å². The fourth-order valence-electron chi connectivity index (χ4n) is 2.32. The van der Waals surface area contributed by atoms with Gasteiger partial charge in [0.15, 0.2) is 0 Å². The molecule has 0 heterocycles. The van der Waals surface area contributed by atoms with Crippen LogP contribution in [-0.4, -0.2) is 7.11 Å². The summed E-state index contributed by atoms with van der Waals surface area (Å²) in [5, 5.41) is 0. The highest BCUT2D eigenvalue weighted by Crippen LogP contribution is 2.33. The van der Waals surface area contributed by atoms with Crippen LogP contribution in [-0.2, 0) is 6.42 Å². The summed E-state index contributed by atoms with van der Waals surface area (Å²) >= 11 is 0. The van der Waals surface area contributed by atoms with Crippen LogP contribution < -0.4 is 4.74 Å². The summed E-state index contributed by atoms with van der Waals surface area (Å²) in [4.78, 5) is 0. The molecule has 1 aliphatic rings. The second-order valence-electron chi connectivity index (χ2n) is 4.41. The number of unbranched alkanes of at least 4 members (excludes halogenated alkanes) is 2. The molecule has 0 saturated carbocycles. The number of fused-ring (bicyclic) bond motifs is 1. The zero-order valence-electron chi connectivity index (χ0n) is 10.3. The van der Waals surface area contributed by atoms with Gasteiger partial charge in [-0.2, -0.15) is 0 Å². The Hall–Kier alpha value is -1.24. The fraction of sp³-hybridized carbons (Fsp3) is 0.467. The highest BCUT2D eigenvalue weighted by atomic mass is 16.5. The van der Waals surface area contributed by atoms with Crippen LogP contribution in [0.25, 0.3) is 5.57 Å². The molecule has 0 N–H and O–H groups in total. The monoisotopic (exact) mass is 216 g/mol. The maximum absolute atomic E-state index is 5.25. The molecule has 2 rings (SSSR count). The predicted octanol–water partition coefficient (Wildman–Crippen LogP) is 4.22. The van der Waals surface area contributed by atoms with Crippen molar-refractivity contribution in [3.05, 3.63) is 35.4 Å². The molecule has 1 nitrogen and oxygen atoms in total. The Balaban J connectivity index is 2.06. The van der Waals surface area contributed by atoms with Crippen molar-refractivity contribution < 1.29 is 4.74 Å². The van der Waals surface area contributed by atoms with Gasteiger partial charge in [-0.15, -0.1) is 0 Å². The van der Waals surface area contributed by atoms with Crippen molar-refractivity contribution in [2.45, 2.75) is 39.0 Å². The van der Waals surface area contributed by atoms with Gasteiger partial charge in [0, 0.05) is 0 Å². The molecule has 0 atom stereocenters. The van der Waals surface area contributed by atoms with E-state index in [1.807, 2.05) is 0 Å². The summed E-state index contributed by atoms with van der Waals surface area (Å²) in [6.07, 6.45) is 8.63. The Morgan fingerprint density at radius 3 is 2.88 bits per heavy atom. The van der Waals surface area contributed by atoms with Crippen molar-refractivity contribution >= 4 is 5.57 Å². The Bertz CT molecular complexity index is 390. The highest BCUT2D eigenvalue weighted by Gasteiger charge is 2.13. The fourth-order valence-corrected chi connectivity index (χ4v) is 2.32. The van der Waals surface area contributed by atoms with Crippen molar-refractivity contribution in [3.63, 3.8) is 0 Å². The molecule has 0 spiro atoms. The Morgan fingerprint density at radius 2 is 2.12 bits per heavy atom. The third-order valence-electron chi connectivity index (χ3n) is 3.28. The number of allylic oxidation sites excluding steroid dienone is 2. The van der Waals surface area contributed by atoms with Crippen LogP contribution >= 0.6 is 0 Å². The largest absolute Gasteiger partial charge is 0.497 e. The van der Waals surface area contributed by atoms with Gasteiger partial charge in [0.05, 0.1) is 7.11 Å². The number of rotatable bonds is 5. The Morgan fingerprint density at radius 1 is 1.25 bits per heavy atom. The van der Waals surface area contributed by atoms with Gasteiger partial charge in [-0.1, -0.05) is 31.9 Å².